The maximum Gasteiger partial charge on any atom is 0.253 e. The van der Waals surface area contributed by atoms with E-state index in [9.17, 15) is 9.59 Å². The van der Waals surface area contributed by atoms with Crippen LogP contribution in [0.5, 0.6) is 0 Å². The third-order valence-electron chi connectivity index (χ3n) is 2.90. The third-order valence-corrected chi connectivity index (χ3v) is 3.45. The van der Waals surface area contributed by atoms with Crippen LogP contribution in [-0.4, -0.2) is 18.4 Å². The molecule has 2 aromatic carbocycles. The fourth-order valence-corrected chi connectivity index (χ4v) is 2.32. The molecule has 2 aromatic rings. The molecule has 0 heterocycles. The molecule has 0 aliphatic rings. The Morgan fingerprint density at radius 1 is 1.13 bits per heavy atom. The van der Waals surface area contributed by atoms with Crippen LogP contribution in [0, 0.1) is 12.3 Å². The van der Waals surface area contributed by atoms with Crippen LogP contribution in [-0.2, 0) is 4.79 Å². The number of hydrogen-bond donors (Lipinski definition) is 2. The number of benzene rings is 2. The van der Waals surface area contributed by atoms with Gasteiger partial charge < -0.3 is 10.6 Å². The summed E-state index contributed by atoms with van der Waals surface area (Å²) in [4.78, 5) is 23.8. The highest BCUT2D eigenvalue weighted by Crippen LogP contribution is 2.20. The summed E-state index contributed by atoms with van der Waals surface area (Å²) in [5.41, 5.74) is 1.46. The normalized spacial score (nSPS) is 9.78. The van der Waals surface area contributed by atoms with Gasteiger partial charge in [0.1, 0.15) is 0 Å². The Bertz CT molecular complexity index is 797. The Balaban J connectivity index is 1.93. The van der Waals surface area contributed by atoms with Gasteiger partial charge >= 0.3 is 0 Å². The number of carbonyl (C=O) groups excluding carboxylic acids is 2. The van der Waals surface area contributed by atoms with Crippen molar-refractivity contribution in [3.05, 3.63) is 63.6 Å². The summed E-state index contributed by atoms with van der Waals surface area (Å²) in [7, 11) is 0. The molecule has 116 valence electrons. The maximum atomic E-state index is 12.0. The highest BCUT2D eigenvalue weighted by molar-refractivity contribution is 6.36. The van der Waals surface area contributed by atoms with E-state index in [0.717, 1.165) is 0 Å². The fourth-order valence-electron chi connectivity index (χ4n) is 1.82. The van der Waals surface area contributed by atoms with Crippen LogP contribution in [0.3, 0.4) is 0 Å². The second-order valence-corrected chi connectivity index (χ2v) is 5.42. The zero-order chi connectivity index (χ0) is 16.8. The Morgan fingerprint density at radius 2 is 1.91 bits per heavy atom. The van der Waals surface area contributed by atoms with Gasteiger partial charge in [0.25, 0.3) is 5.91 Å². The van der Waals surface area contributed by atoms with E-state index in [1.54, 1.807) is 30.3 Å². The van der Waals surface area contributed by atoms with Gasteiger partial charge in [0.05, 0.1) is 17.1 Å². The Kier molecular flexibility index (Phi) is 5.64. The first-order valence-electron chi connectivity index (χ1n) is 6.59. The van der Waals surface area contributed by atoms with E-state index in [-0.39, 0.29) is 23.0 Å². The molecule has 2 amide bonds. The van der Waals surface area contributed by atoms with Crippen molar-refractivity contribution in [1.29, 1.82) is 0 Å². The molecule has 6 heteroatoms. The molecule has 23 heavy (non-hydrogen) atoms. The van der Waals surface area contributed by atoms with Gasteiger partial charge in [-0.15, -0.1) is 6.42 Å². The molecule has 2 N–H and O–H groups in total. The average molecular weight is 347 g/mol. The second kappa shape index (κ2) is 7.68. The predicted molar refractivity (Wildman–Crippen MR) is 91.8 cm³/mol. The van der Waals surface area contributed by atoms with Crippen LogP contribution in [0.1, 0.15) is 15.9 Å². The number of anilines is 1. The number of hydrogen-bond acceptors (Lipinski definition) is 2. The minimum Gasteiger partial charge on any atom is -0.343 e. The molecule has 0 atom stereocenters. The molecular weight excluding hydrogens is 335 g/mol. The van der Waals surface area contributed by atoms with E-state index in [0.29, 0.717) is 16.3 Å². The minimum absolute atomic E-state index is 0.196. The number of carbonyl (C=O) groups is 2. The molecule has 0 aliphatic heterocycles. The summed E-state index contributed by atoms with van der Waals surface area (Å²) < 4.78 is 0. The van der Waals surface area contributed by atoms with Crippen molar-refractivity contribution < 1.29 is 9.59 Å². The van der Waals surface area contributed by atoms with Gasteiger partial charge in [0, 0.05) is 16.3 Å². The highest BCUT2D eigenvalue weighted by atomic mass is 35.5. The zero-order valence-electron chi connectivity index (χ0n) is 11.9. The average Bonchev–Trinajstić information content (AvgIpc) is 2.53. The molecule has 0 spiro atoms. The van der Waals surface area contributed by atoms with Gasteiger partial charge in [-0.3, -0.25) is 9.59 Å². The van der Waals surface area contributed by atoms with Crippen LogP contribution in [0.2, 0.25) is 10.0 Å². The molecule has 2 rings (SSSR count). The first-order valence-corrected chi connectivity index (χ1v) is 7.35. The van der Waals surface area contributed by atoms with Crippen LogP contribution in [0.4, 0.5) is 5.69 Å². The van der Waals surface area contributed by atoms with E-state index in [4.69, 9.17) is 29.6 Å². The lowest BCUT2D eigenvalue weighted by Crippen LogP contribution is -2.33. The zero-order valence-corrected chi connectivity index (χ0v) is 13.4. The topological polar surface area (TPSA) is 58.2 Å². The van der Waals surface area contributed by atoms with E-state index >= 15 is 0 Å². The molecule has 0 aromatic heterocycles. The van der Waals surface area contributed by atoms with E-state index < -0.39 is 5.91 Å². The molecule has 0 unspecified atom stereocenters. The predicted octanol–water partition coefficient (Wildman–Crippen LogP) is 3.34. The van der Waals surface area contributed by atoms with E-state index in [1.807, 2.05) is 0 Å². The van der Waals surface area contributed by atoms with Crippen molar-refractivity contribution in [3.63, 3.8) is 0 Å². The molecule has 0 saturated carbocycles. The third kappa shape index (κ3) is 4.75. The lowest BCUT2D eigenvalue weighted by Gasteiger charge is -2.08. The summed E-state index contributed by atoms with van der Waals surface area (Å²) in [6, 6.07) is 11.4. The Labute approximate surface area is 143 Å². The maximum absolute atomic E-state index is 12.0. The first-order chi connectivity index (χ1) is 11.0. The summed E-state index contributed by atoms with van der Waals surface area (Å²) in [6.07, 6.45) is 5.30. The largest absolute Gasteiger partial charge is 0.343 e. The van der Waals surface area contributed by atoms with Crippen molar-refractivity contribution in [2.24, 2.45) is 0 Å². The van der Waals surface area contributed by atoms with Crippen molar-refractivity contribution in [2.75, 3.05) is 11.9 Å². The highest BCUT2D eigenvalue weighted by Gasteiger charge is 2.12. The van der Waals surface area contributed by atoms with Gasteiger partial charge in [-0.1, -0.05) is 35.2 Å². The van der Waals surface area contributed by atoms with Crippen LogP contribution in [0.25, 0.3) is 0 Å². The summed E-state index contributed by atoms with van der Waals surface area (Å²) in [5.74, 6) is 1.64. The fraction of sp³-hybridized carbons (Fsp3) is 0.0588. The molecule has 0 aliphatic carbocycles. The van der Waals surface area contributed by atoms with E-state index in [2.05, 4.69) is 16.6 Å². The summed E-state index contributed by atoms with van der Waals surface area (Å²) in [6.45, 7) is -0.196. The van der Waals surface area contributed by atoms with Gasteiger partial charge in [-0.2, -0.15) is 0 Å². The number of halogens is 2. The summed E-state index contributed by atoms with van der Waals surface area (Å²) >= 11 is 11.7. The number of nitrogens with one attached hydrogen (secondary N) is 2. The smallest absolute Gasteiger partial charge is 0.253 e. The molecular formula is C17H12Cl2N2O2. The van der Waals surface area contributed by atoms with Crippen molar-refractivity contribution in [1.82, 2.24) is 5.32 Å². The molecule has 0 fully saturated rings. The van der Waals surface area contributed by atoms with Gasteiger partial charge in [-0.05, 0) is 36.4 Å². The van der Waals surface area contributed by atoms with Crippen molar-refractivity contribution >= 4 is 40.7 Å². The molecule has 4 nitrogen and oxygen atoms in total. The van der Waals surface area contributed by atoms with Gasteiger partial charge in [0.2, 0.25) is 5.91 Å². The molecule has 0 radical (unpaired) electrons. The van der Waals surface area contributed by atoms with Crippen LogP contribution >= 0.6 is 23.2 Å². The minimum atomic E-state index is -0.459. The van der Waals surface area contributed by atoms with Crippen LogP contribution in [0.15, 0.2) is 42.5 Å². The quantitative estimate of drug-likeness (QED) is 0.834. The number of terminal acetylenes is 1. The summed E-state index contributed by atoms with van der Waals surface area (Å²) in [5, 5.41) is 5.78. The lowest BCUT2D eigenvalue weighted by atomic mass is 10.2. The lowest BCUT2D eigenvalue weighted by molar-refractivity contribution is -0.115. The number of amides is 2. The standard InChI is InChI=1S/C17H12Cl2N2O2/c1-2-11-4-3-5-13(8-11)21-16(22)10-20-17(23)14-7-6-12(18)9-15(14)19/h1,3-9H,10H2,(H,20,23)(H,21,22). The van der Waals surface area contributed by atoms with Crippen LogP contribution < -0.4 is 10.6 Å². The Morgan fingerprint density at radius 3 is 2.61 bits per heavy atom. The van der Waals surface area contributed by atoms with Crippen molar-refractivity contribution in [3.8, 4) is 12.3 Å². The van der Waals surface area contributed by atoms with Gasteiger partial charge in [0.15, 0.2) is 0 Å². The van der Waals surface area contributed by atoms with Gasteiger partial charge in [-0.25, -0.2) is 0 Å². The second-order valence-electron chi connectivity index (χ2n) is 4.58. The van der Waals surface area contributed by atoms with E-state index in [1.165, 1.54) is 12.1 Å². The monoisotopic (exact) mass is 346 g/mol. The number of rotatable bonds is 4. The molecule has 0 bridgehead atoms. The SMILES string of the molecule is C#Cc1cccc(NC(=O)CNC(=O)c2ccc(Cl)cc2Cl)c1. The van der Waals surface area contributed by atoms with Crippen molar-refractivity contribution in [2.45, 2.75) is 0 Å². The molecule has 0 saturated heterocycles. The Hall–Kier alpha value is -2.48. The first kappa shape index (κ1) is 16.9.